The molecule has 0 saturated carbocycles. The number of hydrogen-bond acceptors (Lipinski definition) is 5. The van der Waals surface area contributed by atoms with Crippen LogP contribution in [-0.2, 0) is 6.61 Å². The van der Waals surface area contributed by atoms with Crippen molar-refractivity contribution in [3.05, 3.63) is 93.8 Å². The molecule has 7 nitrogen and oxygen atoms in total. The number of anilines is 1. The summed E-state index contributed by atoms with van der Waals surface area (Å²) in [5.74, 6) is -0.387. The summed E-state index contributed by atoms with van der Waals surface area (Å²) in [6.07, 6.45) is 0. The first-order valence-electron chi connectivity index (χ1n) is 8.57. The molecular weight excluding hydrogens is 379 g/mol. The summed E-state index contributed by atoms with van der Waals surface area (Å²) in [5.41, 5.74) is 1.41. The van der Waals surface area contributed by atoms with Gasteiger partial charge in [-0.2, -0.15) is 0 Å². The Balaban J connectivity index is 1.63. The Bertz CT molecular complexity index is 1020. The average Bonchev–Trinajstić information content (AvgIpc) is 2.73. The fourth-order valence-corrected chi connectivity index (χ4v) is 2.55. The van der Waals surface area contributed by atoms with Crippen molar-refractivity contribution in [3.63, 3.8) is 0 Å². The van der Waals surface area contributed by atoms with Crippen LogP contribution >= 0.6 is 0 Å². The van der Waals surface area contributed by atoms with Gasteiger partial charge >= 0.3 is 5.69 Å². The van der Waals surface area contributed by atoms with Gasteiger partial charge in [0.2, 0.25) is 0 Å². The Hall–Kier alpha value is -3.94. The van der Waals surface area contributed by atoms with Gasteiger partial charge in [0.25, 0.3) is 5.91 Å². The molecule has 1 N–H and O–H groups in total. The minimum absolute atomic E-state index is 0.00925. The molecule has 0 saturated heterocycles. The van der Waals surface area contributed by atoms with Crippen LogP contribution in [-0.4, -0.2) is 17.9 Å². The standard InChI is InChI=1S/C21H17FN2O5/c1-28-18-9-7-17(8-10-18)23-21(25)15-4-2-14(3-5-15)13-29-20-12-16(22)6-11-19(20)24(26)27/h2-12H,13H2,1H3,(H,23,25). The zero-order chi connectivity index (χ0) is 20.8. The largest absolute Gasteiger partial charge is 0.497 e. The van der Waals surface area contributed by atoms with Gasteiger partial charge in [0.05, 0.1) is 12.0 Å². The van der Waals surface area contributed by atoms with Crippen molar-refractivity contribution in [1.29, 1.82) is 0 Å². The van der Waals surface area contributed by atoms with Gasteiger partial charge in [-0.05, 0) is 48.0 Å². The second kappa shape index (κ2) is 8.83. The molecule has 8 heteroatoms. The SMILES string of the molecule is COc1ccc(NC(=O)c2ccc(COc3cc(F)ccc3[N+](=O)[O-])cc2)cc1. The molecule has 0 aliphatic rings. The van der Waals surface area contributed by atoms with Gasteiger partial charge in [-0.25, -0.2) is 4.39 Å². The van der Waals surface area contributed by atoms with Gasteiger partial charge in [0.15, 0.2) is 5.75 Å². The first-order valence-corrected chi connectivity index (χ1v) is 8.57. The van der Waals surface area contributed by atoms with E-state index in [-0.39, 0.29) is 24.0 Å². The van der Waals surface area contributed by atoms with Crippen LogP contribution in [0.3, 0.4) is 0 Å². The van der Waals surface area contributed by atoms with Crippen molar-refractivity contribution in [2.45, 2.75) is 6.61 Å². The maximum absolute atomic E-state index is 13.3. The first-order chi connectivity index (χ1) is 14.0. The number of halogens is 1. The normalized spacial score (nSPS) is 10.3. The number of nitro benzene ring substituents is 1. The predicted octanol–water partition coefficient (Wildman–Crippen LogP) is 4.57. The third-order valence-electron chi connectivity index (χ3n) is 4.08. The Morgan fingerprint density at radius 3 is 2.38 bits per heavy atom. The number of amides is 1. The van der Waals surface area contributed by atoms with Crippen LogP contribution in [0.25, 0.3) is 0 Å². The summed E-state index contributed by atoms with van der Waals surface area (Å²) in [5, 5.41) is 13.8. The van der Waals surface area contributed by atoms with Crippen LogP contribution in [0.15, 0.2) is 66.7 Å². The Morgan fingerprint density at radius 1 is 1.07 bits per heavy atom. The van der Waals surface area contributed by atoms with Crippen molar-refractivity contribution in [1.82, 2.24) is 0 Å². The fourth-order valence-electron chi connectivity index (χ4n) is 2.55. The van der Waals surface area contributed by atoms with Crippen LogP contribution in [0.4, 0.5) is 15.8 Å². The highest BCUT2D eigenvalue weighted by molar-refractivity contribution is 6.04. The highest BCUT2D eigenvalue weighted by atomic mass is 19.1. The van der Waals surface area contributed by atoms with Crippen LogP contribution in [0.1, 0.15) is 15.9 Å². The van der Waals surface area contributed by atoms with Crippen LogP contribution in [0.5, 0.6) is 11.5 Å². The van der Waals surface area contributed by atoms with E-state index in [1.807, 2.05) is 0 Å². The third-order valence-corrected chi connectivity index (χ3v) is 4.08. The quantitative estimate of drug-likeness (QED) is 0.466. The molecule has 0 unspecified atom stereocenters. The van der Waals surface area contributed by atoms with E-state index in [1.165, 1.54) is 0 Å². The number of hydrogen-bond donors (Lipinski definition) is 1. The van der Waals surface area contributed by atoms with Gasteiger partial charge in [-0.1, -0.05) is 12.1 Å². The number of ether oxygens (including phenoxy) is 2. The van der Waals surface area contributed by atoms with Crippen molar-refractivity contribution in [2.24, 2.45) is 0 Å². The Kier molecular flexibility index (Phi) is 6.03. The van der Waals surface area contributed by atoms with Gasteiger partial charge in [0, 0.05) is 23.4 Å². The smallest absolute Gasteiger partial charge is 0.311 e. The van der Waals surface area contributed by atoms with Gasteiger partial charge in [-0.3, -0.25) is 14.9 Å². The van der Waals surface area contributed by atoms with E-state index in [0.29, 0.717) is 22.6 Å². The van der Waals surface area contributed by atoms with E-state index in [1.54, 1.807) is 55.6 Å². The maximum atomic E-state index is 13.3. The molecule has 0 spiro atoms. The molecule has 0 aliphatic carbocycles. The van der Waals surface area contributed by atoms with Gasteiger partial charge in [-0.15, -0.1) is 0 Å². The summed E-state index contributed by atoms with van der Waals surface area (Å²) in [6.45, 7) is -0.00925. The average molecular weight is 396 g/mol. The molecule has 0 fully saturated rings. The zero-order valence-corrected chi connectivity index (χ0v) is 15.4. The summed E-state index contributed by atoms with van der Waals surface area (Å²) in [6, 6.07) is 16.5. The summed E-state index contributed by atoms with van der Waals surface area (Å²) < 4.78 is 23.8. The molecule has 3 aromatic carbocycles. The molecule has 29 heavy (non-hydrogen) atoms. The van der Waals surface area contributed by atoms with Crippen molar-refractivity contribution < 1.29 is 23.6 Å². The second-order valence-corrected chi connectivity index (χ2v) is 6.04. The number of nitrogens with one attached hydrogen (secondary N) is 1. The van der Waals surface area contributed by atoms with Gasteiger partial charge in [0.1, 0.15) is 18.2 Å². The van der Waals surface area contributed by atoms with Crippen LogP contribution < -0.4 is 14.8 Å². The van der Waals surface area contributed by atoms with Crippen molar-refractivity contribution >= 4 is 17.3 Å². The topological polar surface area (TPSA) is 90.7 Å². The molecule has 0 atom stereocenters. The maximum Gasteiger partial charge on any atom is 0.311 e. The lowest BCUT2D eigenvalue weighted by Crippen LogP contribution is -2.11. The molecule has 148 valence electrons. The minimum atomic E-state index is -0.638. The number of nitro groups is 1. The lowest BCUT2D eigenvalue weighted by atomic mass is 10.1. The third kappa shape index (κ3) is 5.07. The number of methoxy groups -OCH3 is 1. The van der Waals surface area contributed by atoms with E-state index < -0.39 is 10.7 Å². The summed E-state index contributed by atoms with van der Waals surface area (Å²) >= 11 is 0. The number of carbonyl (C=O) groups is 1. The Labute approximate surface area is 165 Å². The Morgan fingerprint density at radius 2 is 1.76 bits per heavy atom. The lowest BCUT2D eigenvalue weighted by molar-refractivity contribution is -0.386. The molecule has 1 amide bonds. The van der Waals surface area contributed by atoms with E-state index in [9.17, 15) is 19.3 Å². The van der Waals surface area contributed by atoms with Crippen LogP contribution in [0.2, 0.25) is 0 Å². The molecule has 3 aromatic rings. The van der Waals surface area contributed by atoms with E-state index in [0.717, 1.165) is 18.2 Å². The molecule has 0 heterocycles. The fraction of sp³-hybridized carbons (Fsp3) is 0.0952. The highest BCUT2D eigenvalue weighted by Gasteiger charge is 2.16. The highest BCUT2D eigenvalue weighted by Crippen LogP contribution is 2.28. The molecule has 3 rings (SSSR count). The first kappa shape index (κ1) is 19.8. The number of nitrogens with zero attached hydrogens (tertiary/aromatic N) is 1. The number of rotatable bonds is 7. The minimum Gasteiger partial charge on any atom is -0.497 e. The zero-order valence-electron chi connectivity index (χ0n) is 15.4. The molecular formula is C21H17FN2O5. The van der Waals surface area contributed by atoms with E-state index >= 15 is 0 Å². The van der Waals surface area contributed by atoms with Gasteiger partial charge < -0.3 is 14.8 Å². The number of carbonyl (C=O) groups excluding carboxylic acids is 1. The van der Waals surface area contributed by atoms with Crippen LogP contribution in [0, 0.1) is 15.9 Å². The molecule has 0 bridgehead atoms. The molecule has 0 aromatic heterocycles. The van der Waals surface area contributed by atoms with E-state index in [4.69, 9.17) is 9.47 Å². The summed E-state index contributed by atoms with van der Waals surface area (Å²) in [4.78, 5) is 22.7. The summed E-state index contributed by atoms with van der Waals surface area (Å²) in [7, 11) is 1.56. The van der Waals surface area contributed by atoms with E-state index in [2.05, 4.69) is 5.32 Å². The lowest BCUT2D eigenvalue weighted by Gasteiger charge is -2.09. The van der Waals surface area contributed by atoms with Crippen molar-refractivity contribution in [2.75, 3.05) is 12.4 Å². The van der Waals surface area contributed by atoms with Crippen molar-refractivity contribution in [3.8, 4) is 11.5 Å². The number of benzene rings is 3. The monoisotopic (exact) mass is 396 g/mol. The molecule has 0 radical (unpaired) electrons. The molecule has 0 aliphatic heterocycles. The second-order valence-electron chi connectivity index (χ2n) is 6.04. The predicted molar refractivity (Wildman–Crippen MR) is 105 cm³/mol.